The number of benzene rings is 1. The Morgan fingerprint density at radius 3 is 2.51 bits per heavy atom. The maximum Gasteiger partial charge on any atom is 0.233 e. The molecule has 3 rings (SSSR count). The monoisotopic (exact) mass is 489 g/mol. The molecule has 1 aliphatic carbocycles. The number of aliphatic hydroxyl groups is 3. The van der Waals surface area contributed by atoms with Crippen molar-refractivity contribution in [2.24, 2.45) is 17.8 Å². The van der Waals surface area contributed by atoms with Gasteiger partial charge < -0.3 is 20.4 Å². The largest absolute Gasteiger partial charge is 0.505 e. The fourth-order valence-corrected chi connectivity index (χ4v) is 5.53. The number of imide groups is 1. The number of hydrogen-bond acceptors (Lipinski definition) is 6. The predicted octanol–water partition coefficient (Wildman–Crippen LogP) is 3.17. The molecule has 192 valence electrons. The molecule has 35 heavy (non-hydrogen) atoms. The van der Waals surface area contributed by atoms with E-state index in [0.29, 0.717) is 42.5 Å². The van der Waals surface area contributed by atoms with Crippen LogP contribution in [0.1, 0.15) is 57.9 Å². The summed E-state index contributed by atoms with van der Waals surface area (Å²) in [5.74, 6) is -3.79. The second kappa shape index (κ2) is 11.9. The summed E-state index contributed by atoms with van der Waals surface area (Å²) in [7, 11) is 0. The molecule has 0 aromatic heterocycles. The number of carbonyl (C=O) groups excluding carboxylic acids is 2. The van der Waals surface area contributed by atoms with Crippen molar-refractivity contribution in [1.82, 2.24) is 4.90 Å². The average Bonchev–Trinajstić information content (AvgIpc) is 3.08. The van der Waals surface area contributed by atoms with Gasteiger partial charge in [0.15, 0.2) is 11.6 Å². The Kier molecular flexibility index (Phi) is 9.21. The van der Waals surface area contributed by atoms with Gasteiger partial charge in [0.2, 0.25) is 11.8 Å². The molecular weight excluding hydrogens is 453 g/mol. The number of aromatic hydroxyl groups is 1. The number of aliphatic hydroxyl groups excluding tert-OH is 3. The molecule has 1 aromatic carbocycles. The highest BCUT2D eigenvalue weighted by Gasteiger charge is 2.54. The Balaban J connectivity index is 1.83. The van der Waals surface area contributed by atoms with E-state index in [0.717, 1.165) is 18.4 Å². The lowest BCUT2D eigenvalue weighted by Gasteiger charge is -2.36. The molecule has 1 saturated heterocycles. The Hall–Kier alpha value is -2.55. The highest BCUT2D eigenvalue weighted by Crippen LogP contribution is 2.46. The number of phenols is 1. The Morgan fingerprint density at radius 2 is 1.91 bits per heavy atom. The molecule has 1 heterocycles. The summed E-state index contributed by atoms with van der Waals surface area (Å²) in [4.78, 5) is 27.2. The molecular formula is C27H36FNO6. The van der Waals surface area contributed by atoms with Crippen molar-refractivity contribution in [3.05, 3.63) is 46.3 Å². The molecule has 4 N–H and O–H groups in total. The second-order valence-corrected chi connectivity index (χ2v) is 9.49. The fourth-order valence-electron chi connectivity index (χ4n) is 5.53. The van der Waals surface area contributed by atoms with Crippen LogP contribution in [0.15, 0.2) is 34.9 Å². The van der Waals surface area contributed by atoms with Gasteiger partial charge in [-0.1, -0.05) is 38.0 Å². The lowest BCUT2D eigenvalue weighted by Crippen LogP contribution is -2.39. The minimum Gasteiger partial charge on any atom is -0.505 e. The molecule has 1 fully saturated rings. The van der Waals surface area contributed by atoms with Gasteiger partial charge in [-0.25, -0.2) is 4.39 Å². The number of hydrogen-bond donors (Lipinski definition) is 4. The predicted molar refractivity (Wildman–Crippen MR) is 129 cm³/mol. The van der Waals surface area contributed by atoms with Crippen LogP contribution in [0.4, 0.5) is 4.39 Å². The van der Waals surface area contributed by atoms with Gasteiger partial charge in [-0.3, -0.25) is 14.5 Å². The van der Waals surface area contributed by atoms with E-state index < -0.39 is 42.0 Å². The standard InChI is InChI=1S/C27H36FNO6/c1-3-5-16(11-17-7-8-22(32)21(28)12-17)6-9-23(33)24-18(14-30)13-19-25(20(24)15-31)27(35)29(10-4-2)26(19)34/h7-8,11-12,19-20,23,25,30-33H,3-6,9-10,13-15H2,1-2H3/b16-11+/t19-,20+,23-,25-/m1/s1. The summed E-state index contributed by atoms with van der Waals surface area (Å²) in [5, 5.41) is 40.9. The maximum absolute atomic E-state index is 13.8. The molecule has 0 unspecified atom stereocenters. The first kappa shape index (κ1) is 27.0. The quantitative estimate of drug-likeness (QED) is 0.280. The van der Waals surface area contributed by atoms with E-state index in [1.54, 1.807) is 6.07 Å². The molecule has 7 nitrogen and oxygen atoms in total. The first-order chi connectivity index (χ1) is 16.8. The van der Waals surface area contributed by atoms with Crippen LogP contribution in [0.3, 0.4) is 0 Å². The maximum atomic E-state index is 13.8. The van der Waals surface area contributed by atoms with Gasteiger partial charge in [0.25, 0.3) is 0 Å². The summed E-state index contributed by atoms with van der Waals surface area (Å²) in [6.07, 6.45) is 4.01. The van der Waals surface area contributed by atoms with Gasteiger partial charge in [-0.05, 0) is 60.9 Å². The number of halogens is 1. The number of rotatable bonds is 11. The van der Waals surface area contributed by atoms with Crippen LogP contribution >= 0.6 is 0 Å². The normalized spacial score (nSPS) is 23.8. The smallest absolute Gasteiger partial charge is 0.233 e. The van der Waals surface area contributed by atoms with Crippen molar-refractivity contribution in [3.63, 3.8) is 0 Å². The molecule has 8 heteroatoms. The SMILES string of the molecule is CCC/C(=C\c1ccc(O)c(F)c1)CC[C@@H](O)C1=C(CO)C[C@H]2C(=O)N(CCC)C(=O)[C@H]2[C@H]1CO. The summed E-state index contributed by atoms with van der Waals surface area (Å²) >= 11 is 0. The number of fused-ring (bicyclic) bond motifs is 1. The van der Waals surface area contributed by atoms with Crippen molar-refractivity contribution < 1.29 is 34.4 Å². The Bertz CT molecular complexity index is 1000. The summed E-state index contributed by atoms with van der Waals surface area (Å²) in [5.41, 5.74) is 2.56. The highest BCUT2D eigenvalue weighted by atomic mass is 19.1. The minimum absolute atomic E-state index is 0.194. The van der Waals surface area contributed by atoms with Crippen molar-refractivity contribution in [1.29, 1.82) is 0 Å². The second-order valence-electron chi connectivity index (χ2n) is 9.49. The molecule has 0 radical (unpaired) electrons. The molecule has 1 aromatic rings. The van der Waals surface area contributed by atoms with Crippen LogP contribution in [0.25, 0.3) is 6.08 Å². The molecule has 0 bridgehead atoms. The van der Waals surface area contributed by atoms with Gasteiger partial charge in [0.1, 0.15) is 0 Å². The number of likely N-dealkylation sites (tertiary alicyclic amines) is 1. The van der Waals surface area contributed by atoms with Crippen molar-refractivity contribution in [3.8, 4) is 5.75 Å². The van der Waals surface area contributed by atoms with Crippen molar-refractivity contribution in [2.75, 3.05) is 19.8 Å². The molecule has 2 amide bonds. The zero-order valence-corrected chi connectivity index (χ0v) is 20.4. The molecule has 4 atom stereocenters. The first-order valence-electron chi connectivity index (χ1n) is 12.4. The number of allylic oxidation sites excluding steroid dienone is 1. The van der Waals surface area contributed by atoms with Crippen molar-refractivity contribution >= 4 is 17.9 Å². The lowest BCUT2D eigenvalue weighted by atomic mass is 9.68. The van der Waals surface area contributed by atoms with Gasteiger partial charge in [-0.2, -0.15) is 0 Å². The van der Waals surface area contributed by atoms with Crippen LogP contribution in [-0.2, 0) is 9.59 Å². The number of nitrogens with zero attached hydrogens (tertiary/aromatic N) is 1. The molecule has 0 spiro atoms. The molecule has 1 aliphatic heterocycles. The summed E-state index contributed by atoms with van der Waals surface area (Å²) < 4.78 is 13.8. The first-order valence-corrected chi connectivity index (χ1v) is 12.4. The van der Waals surface area contributed by atoms with Crippen LogP contribution in [0.2, 0.25) is 0 Å². The van der Waals surface area contributed by atoms with Crippen molar-refractivity contribution in [2.45, 2.75) is 58.5 Å². The number of amides is 2. The topological polar surface area (TPSA) is 118 Å². The molecule has 2 aliphatic rings. The third kappa shape index (κ3) is 5.66. The van der Waals surface area contributed by atoms with Crippen LogP contribution in [0, 0.1) is 23.6 Å². The number of carbonyl (C=O) groups is 2. The van der Waals surface area contributed by atoms with E-state index >= 15 is 0 Å². The van der Waals surface area contributed by atoms with E-state index in [9.17, 15) is 34.4 Å². The minimum atomic E-state index is -1.00. The summed E-state index contributed by atoms with van der Waals surface area (Å²) in [6, 6.07) is 4.16. The van der Waals surface area contributed by atoms with Crippen LogP contribution in [0.5, 0.6) is 5.75 Å². The van der Waals surface area contributed by atoms with E-state index in [-0.39, 0.29) is 24.8 Å². The third-order valence-electron chi connectivity index (χ3n) is 7.12. The number of phenolic OH excluding ortho intramolecular Hbond substituents is 1. The van der Waals surface area contributed by atoms with Gasteiger partial charge in [-0.15, -0.1) is 0 Å². The summed E-state index contributed by atoms with van der Waals surface area (Å²) in [6.45, 7) is 3.46. The van der Waals surface area contributed by atoms with Gasteiger partial charge in [0.05, 0.1) is 31.2 Å². The third-order valence-corrected chi connectivity index (χ3v) is 7.12. The van der Waals surface area contributed by atoms with Crippen LogP contribution in [-0.4, -0.2) is 63.0 Å². The van der Waals surface area contributed by atoms with Crippen LogP contribution < -0.4 is 0 Å². The lowest BCUT2D eigenvalue weighted by molar-refractivity contribution is -0.140. The highest BCUT2D eigenvalue weighted by molar-refractivity contribution is 6.05. The average molecular weight is 490 g/mol. The van der Waals surface area contributed by atoms with Gasteiger partial charge in [0, 0.05) is 12.5 Å². The molecule has 0 saturated carbocycles. The fraction of sp³-hybridized carbons (Fsp3) is 0.556. The zero-order valence-electron chi connectivity index (χ0n) is 20.4. The zero-order chi connectivity index (χ0) is 25.7. The van der Waals surface area contributed by atoms with E-state index in [1.165, 1.54) is 17.0 Å². The van der Waals surface area contributed by atoms with E-state index in [1.807, 2.05) is 19.9 Å². The Labute approximate surface area is 205 Å². The van der Waals surface area contributed by atoms with Gasteiger partial charge >= 0.3 is 0 Å². The Morgan fingerprint density at radius 1 is 1.17 bits per heavy atom. The van der Waals surface area contributed by atoms with E-state index in [2.05, 4.69) is 0 Å². The van der Waals surface area contributed by atoms with E-state index in [4.69, 9.17) is 0 Å².